The van der Waals surface area contributed by atoms with E-state index in [1.54, 1.807) is 19.2 Å². The van der Waals surface area contributed by atoms with Crippen LogP contribution >= 0.6 is 11.6 Å². The molecule has 1 fully saturated rings. The van der Waals surface area contributed by atoms with Gasteiger partial charge in [0, 0.05) is 19.6 Å². The summed E-state index contributed by atoms with van der Waals surface area (Å²) in [6, 6.07) is 3.74. The van der Waals surface area contributed by atoms with Crippen molar-refractivity contribution in [2.75, 3.05) is 18.9 Å². The van der Waals surface area contributed by atoms with Crippen molar-refractivity contribution in [3.8, 4) is 0 Å². The highest BCUT2D eigenvalue weighted by molar-refractivity contribution is 6.33. The Morgan fingerprint density at radius 1 is 1.50 bits per heavy atom. The Labute approximate surface area is 112 Å². The number of pyridine rings is 1. The van der Waals surface area contributed by atoms with Crippen molar-refractivity contribution in [3.05, 3.63) is 22.8 Å². The zero-order valence-electron chi connectivity index (χ0n) is 10.7. The summed E-state index contributed by atoms with van der Waals surface area (Å²) in [4.78, 5) is 18.6. The lowest BCUT2D eigenvalue weighted by Gasteiger charge is -2.33. The van der Waals surface area contributed by atoms with Gasteiger partial charge in [0.1, 0.15) is 11.5 Å². The van der Waals surface area contributed by atoms with E-state index in [9.17, 15) is 4.79 Å². The van der Waals surface area contributed by atoms with Crippen LogP contribution in [0.1, 0.15) is 36.7 Å². The summed E-state index contributed by atoms with van der Waals surface area (Å²) >= 11 is 6.08. The zero-order chi connectivity index (χ0) is 13.1. The Bertz CT molecular complexity index is 450. The van der Waals surface area contributed by atoms with E-state index >= 15 is 0 Å². The van der Waals surface area contributed by atoms with Gasteiger partial charge >= 0.3 is 0 Å². The van der Waals surface area contributed by atoms with Crippen LogP contribution in [0, 0.1) is 0 Å². The molecule has 1 aromatic heterocycles. The second kappa shape index (κ2) is 5.57. The molecule has 0 spiro atoms. The average molecular weight is 268 g/mol. The molecule has 98 valence electrons. The first-order valence-electron chi connectivity index (χ1n) is 6.28. The van der Waals surface area contributed by atoms with Gasteiger partial charge in [-0.3, -0.25) is 4.79 Å². The molecule has 1 saturated heterocycles. The number of amides is 1. The topological polar surface area (TPSA) is 45.2 Å². The van der Waals surface area contributed by atoms with Crippen molar-refractivity contribution >= 4 is 23.3 Å². The maximum Gasteiger partial charge on any atom is 0.274 e. The van der Waals surface area contributed by atoms with E-state index in [2.05, 4.69) is 17.2 Å². The van der Waals surface area contributed by atoms with E-state index in [1.807, 2.05) is 4.90 Å². The first kappa shape index (κ1) is 13.1. The molecule has 5 heteroatoms. The molecule has 2 heterocycles. The maximum atomic E-state index is 12.5. The Morgan fingerprint density at radius 2 is 2.28 bits per heavy atom. The Hall–Kier alpha value is -1.29. The number of carbonyl (C=O) groups is 1. The van der Waals surface area contributed by atoms with Crippen LogP contribution < -0.4 is 5.32 Å². The van der Waals surface area contributed by atoms with Gasteiger partial charge in [0.05, 0.1) is 5.02 Å². The fourth-order valence-electron chi connectivity index (χ4n) is 2.27. The second-order valence-electron chi connectivity index (χ2n) is 4.62. The third-order valence-corrected chi connectivity index (χ3v) is 3.67. The van der Waals surface area contributed by atoms with Gasteiger partial charge in [0.25, 0.3) is 5.91 Å². The van der Waals surface area contributed by atoms with Gasteiger partial charge < -0.3 is 10.2 Å². The van der Waals surface area contributed by atoms with E-state index < -0.39 is 0 Å². The number of carbonyl (C=O) groups excluding carboxylic acids is 1. The van der Waals surface area contributed by atoms with E-state index in [4.69, 9.17) is 11.6 Å². The molecule has 1 aliphatic heterocycles. The largest absolute Gasteiger partial charge is 0.373 e. The molecule has 1 aromatic rings. The number of hydrogen-bond acceptors (Lipinski definition) is 3. The molecule has 18 heavy (non-hydrogen) atoms. The van der Waals surface area contributed by atoms with Crippen molar-refractivity contribution in [2.24, 2.45) is 0 Å². The van der Waals surface area contributed by atoms with Gasteiger partial charge in [-0.25, -0.2) is 4.98 Å². The third kappa shape index (κ3) is 2.58. The standard InChI is InChI=1S/C13H18ClN3O/c1-9-5-3-4-8-17(9)13(18)12-10(14)6-7-11(15-2)16-12/h6-7,9H,3-5,8H2,1-2H3,(H,15,16). The molecule has 0 saturated carbocycles. The number of anilines is 1. The second-order valence-corrected chi connectivity index (χ2v) is 5.03. The highest BCUT2D eigenvalue weighted by atomic mass is 35.5. The molecule has 0 aliphatic carbocycles. The van der Waals surface area contributed by atoms with E-state index in [0.717, 1.165) is 19.4 Å². The molecule has 0 aromatic carbocycles. The average Bonchev–Trinajstić information content (AvgIpc) is 2.39. The monoisotopic (exact) mass is 267 g/mol. The van der Waals surface area contributed by atoms with Crippen molar-refractivity contribution in [2.45, 2.75) is 32.2 Å². The van der Waals surface area contributed by atoms with Gasteiger partial charge in [0.15, 0.2) is 0 Å². The summed E-state index contributed by atoms with van der Waals surface area (Å²) in [6.07, 6.45) is 3.29. The van der Waals surface area contributed by atoms with Crippen LogP contribution in [0.2, 0.25) is 5.02 Å². The molecule has 1 aliphatic rings. The lowest BCUT2D eigenvalue weighted by molar-refractivity contribution is 0.0630. The van der Waals surface area contributed by atoms with Crippen molar-refractivity contribution < 1.29 is 4.79 Å². The predicted octanol–water partition coefficient (Wildman–Crippen LogP) is 2.79. The molecule has 0 radical (unpaired) electrons. The third-order valence-electron chi connectivity index (χ3n) is 3.37. The fraction of sp³-hybridized carbons (Fsp3) is 0.538. The number of aromatic nitrogens is 1. The van der Waals surface area contributed by atoms with Gasteiger partial charge in [-0.05, 0) is 38.3 Å². The molecular weight excluding hydrogens is 250 g/mol. The number of piperidine rings is 1. The Morgan fingerprint density at radius 3 is 2.94 bits per heavy atom. The number of nitrogens with one attached hydrogen (secondary N) is 1. The quantitative estimate of drug-likeness (QED) is 0.896. The summed E-state index contributed by atoms with van der Waals surface area (Å²) in [5.74, 6) is 0.594. The van der Waals surface area contributed by atoms with E-state index in [1.165, 1.54) is 6.42 Å². The summed E-state index contributed by atoms with van der Waals surface area (Å²) in [5.41, 5.74) is 0.345. The van der Waals surface area contributed by atoms with Crippen LogP contribution in [0.4, 0.5) is 5.82 Å². The van der Waals surface area contributed by atoms with Crippen LogP contribution in [-0.2, 0) is 0 Å². The van der Waals surface area contributed by atoms with Crippen LogP contribution in [0.5, 0.6) is 0 Å². The first-order chi connectivity index (χ1) is 8.63. The highest BCUT2D eigenvalue weighted by Crippen LogP contribution is 2.23. The lowest BCUT2D eigenvalue weighted by atomic mass is 10.0. The van der Waals surface area contributed by atoms with Crippen LogP contribution in [0.25, 0.3) is 0 Å². The van der Waals surface area contributed by atoms with Gasteiger partial charge in [-0.1, -0.05) is 11.6 Å². The molecule has 1 unspecified atom stereocenters. The molecule has 0 bridgehead atoms. The SMILES string of the molecule is CNc1ccc(Cl)c(C(=O)N2CCCCC2C)n1. The van der Waals surface area contributed by atoms with Crippen LogP contribution in [0.3, 0.4) is 0 Å². The fourth-order valence-corrected chi connectivity index (χ4v) is 2.45. The Balaban J connectivity index is 2.27. The Kier molecular flexibility index (Phi) is 4.07. The minimum absolute atomic E-state index is 0.0655. The van der Waals surface area contributed by atoms with Crippen molar-refractivity contribution in [3.63, 3.8) is 0 Å². The summed E-state index contributed by atoms with van der Waals surface area (Å²) in [5, 5.41) is 3.34. The van der Waals surface area contributed by atoms with Gasteiger partial charge in [0.2, 0.25) is 0 Å². The number of nitrogens with zero attached hydrogens (tertiary/aromatic N) is 2. The smallest absolute Gasteiger partial charge is 0.274 e. The highest BCUT2D eigenvalue weighted by Gasteiger charge is 2.26. The summed E-state index contributed by atoms with van der Waals surface area (Å²) < 4.78 is 0. The van der Waals surface area contributed by atoms with E-state index in [0.29, 0.717) is 16.5 Å². The van der Waals surface area contributed by atoms with E-state index in [-0.39, 0.29) is 11.9 Å². The maximum absolute atomic E-state index is 12.5. The molecule has 2 rings (SSSR count). The minimum atomic E-state index is -0.0655. The molecule has 1 amide bonds. The van der Waals surface area contributed by atoms with Crippen molar-refractivity contribution in [1.29, 1.82) is 0 Å². The lowest BCUT2D eigenvalue weighted by Crippen LogP contribution is -2.42. The molecule has 1 atom stereocenters. The summed E-state index contributed by atoms with van der Waals surface area (Å²) in [7, 11) is 1.77. The van der Waals surface area contributed by atoms with Crippen LogP contribution in [-0.4, -0.2) is 35.4 Å². The number of hydrogen-bond donors (Lipinski definition) is 1. The predicted molar refractivity (Wildman–Crippen MR) is 73.1 cm³/mol. The normalized spacial score (nSPS) is 19.7. The molecule has 1 N–H and O–H groups in total. The number of halogens is 1. The number of rotatable bonds is 2. The number of likely N-dealkylation sites (tertiary alicyclic amines) is 1. The molecule has 4 nitrogen and oxygen atoms in total. The van der Waals surface area contributed by atoms with Gasteiger partial charge in [-0.2, -0.15) is 0 Å². The van der Waals surface area contributed by atoms with Crippen molar-refractivity contribution in [1.82, 2.24) is 9.88 Å². The summed E-state index contributed by atoms with van der Waals surface area (Å²) in [6.45, 7) is 2.87. The van der Waals surface area contributed by atoms with Gasteiger partial charge in [-0.15, -0.1) is 0 Å². The minimum Gasteiger partial charge on any atom is -0.373 e. The first-order valence-corrected chi connectivity index (χ1v) is 6.66. The molecular formula is C13H18ClN3O. The van der Waals surface area contributed by atoms with Crippen LogP contribution in [0.15, 0.2) is 12.1 Å². The zero-order valence-corrected chi connectivity index (χ0v) is 11.5.